The maximum Gasteiger partial charge on any atom is 0.419 e. The molecule has 3 amide bonds. The summed E-state index contributed by atoms with van der Waals surface area (Å²) in [5, 5.41) is 4.51. The summed E-state index contributed by atoms with van der Waals surface area (Å²) in [6.45, 7) is 10.8. The van der Waals surface area contributed by atoms with Gasteiger partial charge in [-0.1, -0.05) is 92.0 Å². The molecule has 1 aliphatic heterocycles. The number of para-hydroxylation sites is 2. The third kappa shape index (κ3) is 8.48. The molecule has 10 heteroatoms. The van der Waals surface area contributed by atoms with E-state index in [-0.39, 0.29) is 30.0 Å². The van der Waals surface area contributed by atoms with E-state index in [1.807, 2.05) is 35.2 Å². The van der Waals surface area contributed by atoms with Gasteiger partial charge in [-0.25, -0.2) is 9.59 Å². The maximum absolute atomic E-state index is 13.9. The Labute approximate surface area is 266 Å². The van der Waals surface area contributed by atoms with Gasteiger partial charge in [0, 0.05) is 12.1 Å². The number of benzene rings is 3. The van der Waals surface area contributed by atoms with Gasteiger partial charge in [0.15, 0.2) is 0 Å². The lowest BCUT2D eigenvalue weighted by molar-refractivity contribution is -0.160. The molecule has 2 atom stereocenters. The number of carbonyl (C=O) groups excluding carboxylic acids is 3. The van der Waals surface area contributed by atoms with E-state index < -0.39 is 26.0 Å². The minimum absolute atomic E-state index is 0.0597. The molecule has 0 aliphatic carbocycles. The first-order valence-corrected chi connectivity index (χ1v) is 17.5. The Bertz CT molecular complexity index is 1450. The molecular formula is C35H41N4O5Si. The lowest BCUT2D eigenvalue weighted by atomic mass is 9.78. The first-order valence-electron chi connectivity index (χ1n) is 15.0. The Morgan fingerprint density at radius 1 is 0.867 bits per heavy atom. The number of hydrogen-bond donors (Lipinski definition) is 2. The minimum Gasteiger partial charge on any atom is -0.410 e. The highest BCUT2D eigenvalue weighted by Crippen LogP contribution is 2.55. The van der Waals surface area contributed by atoms with Crippen LogP contribution in [0.15, 0.2) is 102 Å². The summed E-state index contributed by atoms with van der Waals surface area (Å²) in [6, 6.07) is 27.1. The van der Waals surface area contributed by atoms with E-state index in [9.17, 15) is 14.4 Å². The average Bonchev–Trinajstić information content (AvgIpc) is 2.99. The number of carbonyl (C=O) groups is 3. The predicted octanol–water partition coefficient (Wildman–Crippen LogP) is 6.92. The normalized spacial score (nSPS) is 17.9. The Morgan fingerprint density at radius 3 is 1.82 bits per heavy atom. The summed E-state index contributed by atoms with van der Waals surface area (Å²) >= 11 is 0. The molecule has 45 heavy (non-hydrogen) atoms. The summed E-state index contributed by atoms with van der Waals surface area (Å²) in [6.07, 6.45) is 3.80. The zero-order chi connectivity index (χ0) is 32.5. The van der Waals surface area contributed by atoms with Crippen LogP contribution >= 0.6 is 0 Å². The SMILES string of the molecule is C[Si](C)[C@@]1(CCCN=C(NC(=O)Oc2ccccc2)NC(=O)Oc2ccccc2)C(=O)N(C(C)(C)C)[C@H]1/C=C/c1ccccc1. The van der Waals surface area contributed by atoms with Gasteiger partial charge in [-0.05, 0) is 63.4 Å². The van der Waals surface area contributed by atoms with Gasteiger partial charge in [0.2, 0.25) is 11.9 Å². The maximum atomic E-state index is 13.9. The molecule has 235 valence electrons. The Hall–Kier alpha value is -4.70. The van der Waals surface area contributed by atoms with Crippen molar-refractivity contribution in [3.05, 3.63) is 103 Å². The first kappa shape index (κ1) is 33.2. The van der Waals surface area contributed by atoms with Crippen molar-refractivity contribution >= 4 is 38.9 Å². The van der Waals surface area contributed by atoms with Crippen LogP contribution in [0.25, 0.3) is 6.08 Å². The molecule has 9 nitrogen and oxygen atoms in total. The standard InChI is InChI=1S/C35H41N4O5Si/c1-34(2,3)39-29(23-22-26-16-9-6-10-17-26)35(30(39)40,45(4)5)24-15-25-36-31(37-32(41)43-27-18-11-7-12-19-27)38-33(42)44-28-20-13-8-14-21-28/h6-14,16-23,29H,15,24-25H2,1-5H3,(H2,36,37,38,41,42)/b23-22+/t29-,35+/m0/s1. The second-order valence-electron chi connectivity index (χ2n) is 12.0. The Kier molecular flexibility index (Phi) is 11.0. The van der Waals surface area contributed by atoms with Crippen LogP contribution in [0, 0.1) is 0 Å². The molecule has 4 rings (SSSR count). The van der Waals surface area contributed by atoms with E-state index in [0.29, 0.717) is 24.3 Å². The quantitative estimate of drug-likeness (QED) is 0.0883. The molecule has 1 aliphatic rings. The number of rotatable bonds is 9. The van der Waals surface area contributed by atoms with Crippen LogP contribution < -0.4 is 20.1 Å². The van der Waals surface area contributed by atoms with Crippen LogP contribution in [0.2, 0.25) is 18.1 Å². The van der Waals surface area contributed by atoms with Crippen molar-refractivity contribution in [3.63, 3.8) is 0 Å². The molecule has 2 N–H and O–H groups in total. The van der Waals surface area contributed by atoms with Crippen LogP contribution in [-0.4, -0.2) is 55.9 Å². The second-order valence-corrected chi connectivity index (χ2v) is 14.9. The molecule has 1 radical (unpaired) electrons. The number of β-lactam (4-membered cyclic amide) rings is 1. The van der Waals surface area contributed by atoms with Crippen molar-refractivity contribution in [2.75, 3.05) is 6.54 Å². The highest BCUT2D eigenvalue weighted by atomic mass is 28.3. The molecule has 0 aromatic heterocycles. The second kappa shape index (κ2) is 14.9. The summed E-state index contributed by atoms with van der Waals surface area (Å²) in [7, 11) is -1.10. The molecule has 1 saturated heterocycles. The first-order chi connectivity index (χ1) is 21.5. The van der Waals surface area contributed by atoms with Crippen molar-refractivity contribution in [2.24, 2.45) is 4.99 Å². The monoisotopic (exact) mass is 625 g/mol. The highest BCUT2D eigenvalue weighted by Gasteiger charge is 2.63. The molecule has 0 spiro atoms. The van der Waals surface area contributed by atoms with Gasteiger partial charge in [-0.15, -0.1) is 0 Å². The summed E-state index contributed by atoms with van der Waals surface area (Å²) in [4.78, 5) is 45.7. The van der Waals surface area contributed by atoms with Gasteiger partial charge in [0.05, 0.1) is 19.9 Å². The summed E-state index contributed by atoms with van der Waals surface area (Å²) in [5.41, 5.74) is 0.748. The fourth-order valence-electron chi connectivity index (χ4n) is 5.47. The van der Waals surface area contributed by atoms with Gasteiger partial charge in [-0.2, -0.15) is 0 Å². The van der Waals surface area contributed by atoms with Crippen LogP contribution in [-0.2, 0) is 4.79 Å². The van der Waals surface area contributed by atoms with Crippen molar-refractivity contribution in [1.82, 2.24) is 15.5 Å². The molecular weight excluding hydrogens is 584 g/mol. The summed E-state index contributed by atoms with van der Waals surface area (Å²) < 4.78 is 10.6. The molecule has 0 unspecified atom stereocenters. The largest absolute Gasteiger partial charge is 0.419 e. The molecule has 1 fully saturated rings. The number of amides is 3. The van der Waals surface area contributed by atoms with Crippen molar-refractivity contribution in [3.8, 4) is 11.5 Å². The van der Waals surface area contributed by atoms with Crippen LogP contribution in [0.4, 0.5) is 9.59 Å². The van der Waals surface area contributed by atoms with E-state index >= 15 is 0 Å². The van der Waals surface area contributed by atoms with Gasteiger partial charge < -0.3 is 14.4 Å². The third-order valence-corrected chi connectivity index (χ3v) is 10.2. The fraction of sp³-hybridized carbons (Fsp3) is 0.314. The molecule has 3 aromatic rings. The van der Waals surface area contributed by atoms with E-state index in [4.69, 9.17) is 9.47 Å². The fourth-order valence-corrected chi connectivity index (χ4v) is 7.51. The van der Waals surface area contributed by atoms with Crippen molar-refractivity contribution in [1.29, 1.82) is 0 Å². The smallest absolute Gasteiger partial charge is 0.410 e. The number of guanidine groups is 1. The van der Waals surface area contributed by atoms with Crippen LogP contribution in [0.5, 0.6) is 11.5 Å². The lowest BCUT2D eigenvalue weighted by Gasteiger charge is -2.62. The van der Waals surface area contributed by atoms with Crippen LogP contribution in [0.1, 0.15) is 39.2 Å². The average molecular weight is 626 g/mol. The number of aliphatic imine (C=N–C) groups is 1. The zero-order valence-electron chi connectivity index (χ0n) is 26.4. The highest BCUT2D eigenvalue weighted by molar-refractivity contribution is 6.65. The summed E-state index contributed by atoms with van der Waals surface area (Å²) in [5.74, 6) is 0.728. The van der Waals surface area contributed by atoms with E-state index in [1.54, 1.807) is 60.7 Å². The number of ether oxygens (including phenoxy) is 2. The number of likely N-dealkylation sites (tertiary alicyclic amines) is 1. The molecule has 0 bridgehead atoms. The van der Waals surface area contributed by atoms with Crippen molar-refractivity contribution < 1.29 is 23.9 Å². The third-order valence-electron chi connectivity index (χ3n) is 7.62. The topological polar surface area (TPSA) is 109 Å². The van der Waals surface area contributed by atoms with E-state index in [2.05, 4.69) is 61.6 Å². The van der Waals surface area contributed by atoms with Gasteiger partial charge >= 0.3 is 12.2 Å². The zero-order valence-corrected chi connectivity index (χ0v) is 27.4. The van der Waals surface area contributed by atoms with Gasteiger partial charge in [-0.3, -0.25) is 20.4 Å². The van der Waals surface area contributed by atoms with Crippen LogP contribution in [0.3, 0.4) is 0 Å². The van der Waals surface area contributed by atoms with E-state index in [0.717, 1.165) is 5.56 Å². The number of nitrogens with zero attached hydrogens (tertiary/aromatic N) is 2. The lowest BCUT2D eigenvalue weighted by Crippen LogP contribution is -2.72. The number of hydrogen-bond acceptors (Lipinski definition) is 6. The Balaban J connectivity index is 1.50. The van der Waals surface area contributed by atoms with Crippen molar-refractivity contribution in [2.45, 2.75) is 63.3 Å². The predicted molar refractivity (Wildman–Crippen MR) is 179 cm³/mol. The Morgan fingerprint density at radius 2 is 1.36 bits per heavy atom. The molecule has 0 saturated carbocycles. The minimum atomic E-state index is -1.10. The molecule has 3 aromatic carbocycles. The van der Waals surface area contributed by atoms with Gasteiger partial charge in [0.1, 0.15) is 11.5 Å². The molecule has 1 heterocycles. The van der Waals surface area contributed by atoms with Gasteiger partial charge in [0.25, 0.3) is 0 Å². The number of nitrogens with one attached hydrogen (secondary N) is 2. The van der Waals surface area contributed by atoms with E-state index in [1.165, 1.54) is 0 Å².